The van der Waals surface area contributed by atoms with Crippen LogP contribution in [-0.4, -0.2) is 4.98 Å². The Morgan fingerprint density at radius 3 is 2.64 bits per heavy atom. The van der Waals surface area contributed by atoms with Crippen LogP contribution in [0, 0.1) is 0 Å². The normalized spacial score (nSPS) is 10.5. The van der Waals surface area contributed by atoms with E-state index in [-0.39, 0.29) is 0 Å². The Balaban J connectivity index is 3.02. The van der Waals surface area contributed by atoms with Crippen molar-refractivity contribution in [3.8, 4) is 0 Å². The van der Waals surface area contributed by atoms with Crippen LogP contribution in [-0.2, 0) is 6.42 Å². The number of aromatic nitrogens is 1. The molecule has 1 nitrogen and oxygen atoms in total. The molecule has 0 atom stereocenters. The molecular weight excluding hydrogens is 134 g/mol. The van der Waals surface area contributed by atoms with Gasteiger partial charge < -0.3 is 0 Å². The minimum atomic E-state index is 0.596. The Kier molecular flexibility index (Phi) is 2.64. The highest BCUT2D eigenvalue weighted by Crippen LogP contribution is 2.16. The molecule has 0 aliphatic heterocycles. The lowest BCUT2D eigenvalue weighted by molar-refractivity contribution is 0.824. The number of nitrogens with zero attached hydrogens (tertiary/aromatic N) is 1. The van der Waals surface area contributed by atoms with E-state index in [0.29, 0.717) is 5.92 Å². The summed E-state index contributed by atoms with van der Waals surface area (Å²) in [5.74, 6) is 0.596. The van der Waals surface area contributed by atoms with Crippen LogP contribution in [0.2, 0.25) is 0 Å². The molecule has 1 heteroatoms. The van der Waals surface area contributed by atoms with E-state index in [1.54, 1.807) is 0 Å². The highest BCUT2D eigenvalue weighted by Gasteiger charge is 2.03. The Bertz CT molecular complexity index is 228. The molecule has 0 amide bonds. The first-order valence-electron chi connectivity index (χ1n) is 4.19. The highest BCUT2D eigenvalue weighted by molar-refractivity contribution is 5.22. The van der Waals surface area contributed by atoms with Gasteiger partial charge in [-0.15, -0.1) is 0 Å². The average Bonchev–Trinajstić information content (AvgIpc) is 2.04. The summed E-state index contributed by atoms with van der Waals surface area (Å²) in [4.78, 5) is 4.32. The lowest BCUT2D eigenvalue weighted by Crippen LogP contribution is -1.96. The molecule has 0 spiro atoms. The van der Waals surface area contributed by atoms with Gasteiger partial charge >= 0.3 is 0 Å². The third-order valence-electron chi connectivity index (χ3n) is 1.88. The van der Waals surface area contributed by atoms with Crippen LogP contribution < -0.4 is 0 Å². The fourth-order valence-corrected chi connectivity index (χ4v) is 1.27. The molecule has 0 bridgehead atoms. The maximum atomic E-state index is 4.32. The maximum Gasteiger partial charge on any atom is 0.0435 e. The van der Waals surface area contributed by atoms with Crippen LogP contribution >= 0.6 is 0 Å². The van der Waals surface area contributed by atoms with E-state index in [0.717, 1.165) is 6.42 Å². The standard InChI is InChI=1S/C10H15N/c1-4-10-9(8(2)3)6-5-7-11-10/h5-8H,4H2,1-3H3. The lowest BCUT2D eigenvalue weighted by Gasteiger charge is -2.08. The summed E-state index contributed by atoms with van der Waals surface area (Å²) in [5.41, 5.74) is 2.62. The molecule has 1 heterocycles. The van der Waals surface area contributed by atoms with Crippen molar-refractivity contribution in [3.63, 3.8) is 0 Å². The molecule has 0 aliphatic rings. The van der Waals surface area contributed by atoms with Crippen LogP contribution in [0.1, 0.15) is 37.9 Å². The summed E-state index contributed by atoms with van der Waals surface area (Å²) in [5, 5.41) is 0. The molecule has 1 aromatic heterocycles. The molecule has 11 heavy (non-hydrogen) atoms. The largest absolute Gasteiger partial charge is 0.261 e. The molecule has 1 aromatic rings. The van der Waals surface area contributed by atoms with Crippen molar-refractivity contribution in [1.29, 1.82) is 0 Å². The number of hydrogen-bond acceptors (Lipinski definition) is 1. The van der Waals surface area contributed by atoms with Gasteiger partial charge in [0.1, 0.15) is 0 Å². The van der Waals surface area contributed by atoms with Gasteiger partial charge in [0.15, 0.2) is 0 Å². The summed E-state index contributed by atoms with van der Waals surface area (Å²) in [6.45, 7) is 6.56. The minimum Gasteiger partial charge on any atom is -0.261 e. The smallest absolute Gasteiger partial charge is 0.0435 e. The van der Waals surface area contributed by atoms with Gasteiger partial charge in [0.2, 0.25) is 0 Å². The maximum absolute atomic E-state index is 4.32. The summed E-state index contributed by atoms with van der Waals surface area (Å²) < 4.78 is 0. The van der Waals surface area contributed by atoms with Crippen molar-refractivity contribution in [3.05, 3.63) is 29.6 Å². The quantitative estimate of drug-likeness (QED) is 0.630. The van der Waals surface area contributed by atoms with E-state index < -0.39 is 0 Å². The highest BCUT2D eigenvalue weighted by atomic mass is 14.7. The molecule has 1 rings (SSSR count). The predicted octanol–water partition coefficient (Wildman–Crippen LogP) is 2.77. The summed E-state index contributed by atoms with van der Waals surface area (Å²) in [6.07, 6.45) is 2.90. The van der Waals surface area contributed by atoms with Gasteiger partial charge in [0, 0.05) is 11.9 Å². The first kappa shape index (κ1) is 8.25. The number of hydrogen-bond donors (Lipinski definition) is 0. The average molecular weight is 149 g/mol. The summed E-state index contributed by atoms with van der Waals surface area (Å²) in [6, 6.07) is 4.17. The van der Waals surface area contributed by atoms with Crippen LogP contribution in [0.4, 0.5) is 0 Å². The first-order chi connectivity index (χ1) is 5.25. The van der Waals surface area contributed by atoms with Crippen molar-refractivity contribution in [2.45, 2.75) is 33.1 Å². The topological polar surface area (TPSA) is 12.9 Å². The SMILES string of the molecule is CCc1ncccc1C(C)C. The van der Waals surface area contributed by atoms with Crippen molar-refractivity contribution in [1.82, 2.24) is 4.98 Å². The van der Waals surface area contributed by atoms with Gasteiger partial charge in [-0.1, -0.05) is 26.8 Å². The van der Waals surface area contributed by atoms with Crippen molar-refractivity contribution in [2.24, 2.45) is 0 Å². The monoisotopic (exact) mass is 149 g/mol. The molecule has 60 valence electrons. The predicted molar refractivity (Wildman–Crippen MR) is 47.7 cm³/mol. The molecule has 0 fully saturated rings. The zero-order valence-electron chi connectivity index (χ0n) is 7.46. The van der Waals surface area contributed by atoms with Crippen molar-refractivity contribution < 1.29 is 0 Å². The molecule has 0 N–H and O–H groups in total. The van der Waals surface area contributed by atoms with E-state index >= 15 is 0 Å². The number of pyridine rings is 1. The molecule has 0 aromatic carbocycles. The van der Waals surface area contributed by atoms with Crippen molar-refractivity contribution in [2.75, 3.05) is 0 Å². The summed E-state index contributed by atoms with van der Waals surface area (Å²) >= 11 is 0. The Hall–Kier alpha value is -0.850. The van der Waals surface area contributed by atoms with E-state index in [1.807, 2.05) is 12.3 Å². The fraction of sp³-hybridized carbons (Fsp3) is 0.500. The van der Waals surface area contributed by atoms with Gasteiger partial charge in [0.05, 0.1) is 0 Å². The molecule has 0 radical (unpaired) electrons. The molecule has 0 saturated carbocycles. The van der Waals surface area contributed by atoms with Gasteiger partial charge in [-0.2, -0.15) is 0 Å². The Morgan fingerprint density at radius 2 is 2.18 bits per heavy atom. The molecule has 0 saturated heterocycles. The second-order valence-corrected chi connectivity index (χ2v) is 3.05. The van der Waals surface area contributed by atoms with Crippen molar-refractivity contribution >= 4 is 0 Å². The second-order valence-electron chi connectivity index (χ2n) is 3.05. The van der Waals surface area contributed by atoms with Crippen LogP contribution in [0.3, 0.4) is 0 Å². The second kappa shape index (κ2) is 3.51. The third kappa shape index (κ3) is 1.79. The fourth-order valence-electron chi connectivity index (χ4n) is 1.27. The minimum absolute atomic E-state index is 0.596. The number of aryl methyl sites for hydroxylation is 1. The van der Waals surface area contributed by atoms with Gasteiger partial charge in [-0.05, 0) is 24.0 Å². The van der Waals surface area contributed by atoms with E-state index in [1.165, 1.54) is 11.3 Å². The van der Waals surface area contributed by atoms with Crippen LogP contribution in [0.15, 0.2) is 18.3 Å². The van der Waals surface area contributed by atoms with Gasteiger partial charge in [-0.3, -0.25) is 4.98 Å². The summed E-state index contributed by atoms with van der Waals surface area (Å²) in [7, 11) is 0. The zero-order chi connectivity index (χ0) is 8.27. The third-order valence-corrected chi connectivity index (χ3v) is 1.88. The van der Waals surface area contributed by atoms with E-state index in [4.69, 9.17) is 0 Å². The van der Waals surface area contributed by atoms with E-state index in [9.17, 15) is 0 Å². The number of rotatable bonds is 2. The molecule has 0 unspecified atom stereocenters. The van der Waals surface area contributed by atoms with E-state index in [2.05, 4.69) is 31.8 Å². The van der Waals surface area contributed by atoms with Gasteiger partial charge in [0.25, 0.3) is 0 Å². The zero-order valence-corrected chi connectivity index (χ0v) is 7.46. The molecule has 0 aliphatic carbocycles. The van der Waals surface area contributed by atoms with Gasteiger partial charge in [-0.25, -0.2) is 0 Å². The molecular formula is C10H15N. The first-order valence-corrected chi connectivity index (χ1v) is 4.19. The van der Waals surface area contributed by atoms with Crippen LogP contribution in [0.25, 0.3) is 0 Å². The van der Waals surface area contributed by atoms with Crippen LogP contribution in [0.5, 0.6) is 0 Å². The Morgan fingerprint density at radius 1 is 1.45 bits per heavy atom. The Labute approximate surface area is 68.5 Å². The lowest BCUT2D eigenvalue weighted by atomic mass is 10.0.